The first kappa shape index (κ1) is 20.8. The number of hydrogen-bond acceptors (Lipinski definition) is 5. The van der Waals surface area contributed by atoms with Crippen molar-refractivity contribution in [3.63, 3.8) is 0 Å². The molecular formula is C25H23FN4O3. The lowest BCUT2D eigenvalue weighted by molar-refractivity contribution is 0.181. The maximum absolute atomic E-state index is 13.1. The van der Waals surface area contributed by atoms with Crippen LogP contribution in [0.3, 0.4) is 0 Å². The zero-order valence-electron chi connectivity index (χ0n) is 18.1. The molecule has 0 aliphatic carbocycles. The van der Waals surface area contributed by atoms with Crippen molar-refractivity contribution in [1.82, 2.24) is 9.80 Å². The molecule has 0 bridgehead atoms. The smallest absolute Gasteiger partial charge is 0.321 e. The van der Waals surface area contributed by atoms with Crippen LogP contribution < -0.4 is 14.8 Å². The van der Waals surface area contributed by atoms with Crippen molar-refractivity contribution >= 4 is 23.2 Å². The van der Waals surface area contributed by atoms with Crippen molar-refractivity contribution in [3.8, 4) is 17.2 Å². The maximum Gasteiger partial charge on any atom is 0.321 e. The van der Waals surface area contributed by atoms with Crippen molar-refractivity contribution in [3.05, 3.63) is 78.1 Å². The highest BCUT2D eigenvalue weighted by Gasteiger charge is 2.28. The Balaban J connectivity index is 1.35. The minimum absolute atomic E-state index is 0.206. The molecule has 0 atom stereocenters. The number of amides is 2. The highest BCUT2D eigenvalue weighted by molar-refractivity contribution is 6.04. The molecule has 1 fully saturated rings. The molecule has 1 saturated heterocycles. The number of piperazine rings is 1. The van der Waals surface area contributed by atoms with E-state index in [0.29, 0.717) is 49.1 Å². The van der Waals surface area contributed by atoms with Crippen LogP contribution in [0.2, 0.25) is 0 Å². The molecule has 2 heterocycles. The molecule has 5 rings (SSSR count). The van der Waals surface area contributed by atoms with Gasteiger partial charge in [0.2, 0.25) is 0 Å². The number of nitrogens with one attached hydrogen (secondary N) is 1. The van der Waals surface area contributed by atoms with Gasteiger partial charge in [0.1, 0.15) is 28.8 Å². The van der Waals surface area contributed by atoms with Crippen molar-refractivity contribution in [1.29, 1.82) is 0 Å². The predicted molar refractivity (Wildman–Crippen MR) is 124 cm³/mol. The second kappa shape index (κ2) is 8.82. The van der Waals surface area contributed by atoms with Crippen LogP contribution in [-0.2, 0) is 0 Å². The van der Waals surface area contributed by atoms with Crippen LogP contribution in [0, 0.1) is 5.82 Å². The van der Waals surface area contributed by atoms with Crippen LogP contribution in [0.1, 0.15) is 5.56 Å². The summed E-state index contributed by atoms with van der Waals surface area (Å²) >= 11 is 0. The fourth-order valence-electron chi connectivity index (χ4n) is 3.93. The molecule has 3 aromatic carbocycles. The number of carbonyl (C=O) groups is 1. The van der Waals surface area contributed by atoms with Gasteiger partial charge < -0.3 is 24.6 Å². The number of urea groups is 1. The molecule has 2 amide bonds. The van der Waals surface area contributed by atoms with Gasteiger partial charge in [0, 0.05) is 37.9 Å². The second-order valence-electron chi connectivity index (χ2n) is 7.78. The number of ether oxygens (including phenoxy) is 2. The number of rotatable bonds is 2. The number of aliphatic imine (C=N–C) groups is 1. The van der Waals surface area contributed by atoms with Gasteiger partial charge in [0.15, 0.2) is 5.75 Å². The van der Waals surface area contributed by atoms with Crippen molar-refractivity contribution < 1.29 is 18.7 Å². The lowest BCUT2D eigenvalue weighted by Gasteiger charge is -2.36. The number of hydrogen-bond donors (Lipinski definition) is 1. The Morgan fingerprint density at radius 3 is 2.52 bits per heavy atom. The summed E-state index contributed by atoms with van der Waals surface area (Å²) in [4.78, 5) is 21.5. The number of methoxy groups -OCH3 is 1. The third-order valence-electron chi connectivity index (χ3n) is 5.70. The second-order valence-corrected chi connectivity index (χ2v) is 7.78. The molecule has 2 aliphatic rings. The fourth-order valence-corrected chi connectivity index (χ4v) is 3.93. The van der Waals surface area contributed by atoms with Gasteiger partial charge in [-0.3, -0.25) is 0 Å². The molecule has 0 unspecified atom stereocenters. The highest BCUT2D eigenvalue weighted by Crippen LogP contribution is 2.39. The summed E-state index contributed by atoms with van der Waals surface area (Å²) in [6.07, 6.45) is 0. The van der Waals surface area contributed by atoms with Crippen LogP contribution in [-0.4, -0.2) is 55.0 Å². The number of benzene rings is 3. The quantitative estimate of drug-likeness (QED) is 0.610. The van der Waals surface area contributed by atoms with Gasteiger partial charge in [-0.05, 0) is 48.5 Å². The van der Waals surface area contributed by atoms with E-state index in [2.05, 4.69) is 10.2 Å². The zero-order valence-corrected chi connectivity index (χ0v) is 18.1. The van der Waals surface area contributed by atoms with E-state index in [1.807, 2.05) is 42.5 Å². The van der Waals surface area contributed by atoms with Gasteiger partial charge >= 0.3 is 6.03 Å². The summed E-state index contributed by atoms with van der Waals surface area (Å²) in [5.41, 5.74) is 2.18. The summed E-state index contributed by atoms with van der Waals surface area (Å²) < 4.78 is 24.7. The monoisotopic (exact) mass is 446 g/mol. The Hall–Kier alpha value is -4.07. The first-order valence-electron chi connectivity index (χ1n) is 10.7. The van der Waals surface area contributed by atoms with E-state index < -0.39 is 0 Å². The number of para-hydroxylation sites is 2. The molecule has 33 heavy (non-hydrogen) atoms. The first-order chi connectivity index (χ1) is 16.1. The van der Waals surface area contributed by atoms with E-state index in [-0.39, 0.29) is 11.8 Å². The summed E-state index contributed by atoms with van der Waals surface area (Å²) in [6, 6.07) is 18.9. The van der Waals surface area contributed by atoms with Crippen molar-refractivity contribution in [2.45, 2.75) is 0 Å². The summed E-state index contributed by atoms with van der Waals surface area (Å²) in [7, 11) is 1.62. The van der Waals surface area contributed by atoms with E-state index in [4.69, 9.17) is 14.5 Å². The average Bonchev–Trinajstić information content (AvgIpc) is 3.01. The summed E-state index contributed by atoms with van der Waals surface area (Å²) in [6.45, 7) is 2.28. The number of amidine groups is 1. The fraction of sp³-hybridized carbons (Fsp3) is 0.200. The Morgan fingerprint density at radius 2 is 1.76 bits per heavy atom. The SMILES string of the molecule is COc1ccc2c(c1)Oc1ccccc1N=C2N1CCN(C(=O)Nc2ccc(F)cc2)CC1. The summed E-state index contributed by atoms with van der Waals surface area (Å²) in [5, 5.41) is 2.82. The highest BCUT2D eigenvalue weighted by atomic mass is 19.1. The number of fused-ring (bicyclic) bond motifs is 2. The number of nitrogens with zero attached hydrogens (tertiary/aromatic N) is 3. The number of carbonyl (C=O) groups excluding carboxylic acids is 1. The lowest BCUT2D eigenvalue weighted by atomic mass is 10.1. The molecule has 0 radical (unpaired) electrons. The molecule has 0 aromatic heterocycles. The van der Waals surface area contributed by atoms with E-state index in [1.165, 1.54) is 12.1 Å². The van der Waals surface area contributed by atoms with Gasteiger partial charge in [-0.25, -0.2) is 14.2 Å². The molecule has 1 N–H and O–H groups in total. The van der Waals surface area contributed by atoms with Gasteiger partial charge in [-0.15, -0.1) is 0 Å². The Morgan fingerprint density at radius 1 is 1.00 bits per heavy atom. The number of anilines is 1. The van der Waals surface area contributed by atoms with Crippen LogP contribution in [0.5, 0.6) is 17.2 Å². The molecular weight excluding hydrogens is 423 g/mol. The topological polar surface area (TPSA) is 66.4 Å². The van der Waals surface area contributed by atoms with Gasteiger partial charge in [0.05, 0.1) is 12.7 Å². The Labute approximate surface area is 191 Å². The predicted octanol–water partition coefficient (Wildman–Crippen LogP) is 4.87. The molecule has 0 spiro atoms. The molecule has 3 aromatic rings. The Bertz CT molecular complexity index is 1200. The van der Waals surface area contributed by atoms with Crippen LogP contribution in [0.15, 0.2) is 71.7 Å². The van der Waals surface area contributed by atoms with E-state index in [1.54, 1.807) is 24.1 Å². The first-order valence-corrected chi connectivity index (χ1v) is 10.7. The van der Waals surface area contributed by atoms with Crippen molar-refractivity contribution in [2.24, 2.45) is 4.99 Å². The molecule has 0 saturated carbocycles. The summed E-state index contributed by atoms with van der Waals surface area (Å²) in [5.74, 6) is 2.52. The van der Waals surface area contributed by atoms with Crippen LogP contribution >= 0.6 is 0 Å². The van der Waals surface area contributed by atoms with Gasteiger partial charge in [0.25, 0.3) is 0 Å². The third kappa shape index (κ3) is 4.32. The minimum Gasteiger partial charge on any atom is -0.497 e. The van der Waals surface area contributed by atoms with Crippen molar-refractivity contribution in [2.75, 3.05) is 38.6 Å². The molecule has 7 nitrogen and oxygen atoms in total. The Kier molecular flexibility index (Phi) is 5.56. The van der Waals surface area contributed by atoms with Gasteiger partial charge in [-0.1, -0.05) is 12.1 Å². The van der Waals surface area contributed by atoms with Gasteiger partial charge in [-0.2, -0.15) is 0 Å². The van der Waals surface area contributed by atoms with Crippen LogP contribution in [0.4, 0.5) is 20.6 Å². The minimum atomic E-state index is -0.339. The van der Waals surface area contributed by atoms with E-state index in [0.717, 1.165) is 17.1 Å². The third-order valence-corrected chi connectivity index (χ3v) is 5.70. The normalized spacial score (nSPS) is 14.9. The van der Waals surface area contributed by atoms with Crippen LogP contribution in [0.25, 0.3) is 0 Å². The lowest BCUT2D eigenvalue weighted by Crippen LogP contribution is -2.51. The largest absolute Gasteiger partial charge is 0.497 e. The zero-order chi connectivity index (χ0) is 22.8. The molecule has 2 aliphatic heterocycles. The van der Waals surface area contributed by atoms with E-state index in [9.17, 15) is 9.18 Å². The standard InChI is InChI=1S/C25H23FN4O3/c1-32-19-10-11-20-23(16-19)33-22-5-3-2-4-21(22)28-24(20)29-12-14-30(15-13-29)25(31)27-18-8-6-17(26)7-9-18/h2-11,16H,12-15H2,1H3,(H,27,31). The maximum atomic E-state index is 13.1. The molecule has 168 valence electrons. The van der Waals surface area contributed by atoms with E-state index >= 15 is 0 Å². The molecule has 8 heteroatoms. The number of halogens is 1. The average molecular weight is 446 g/mol.